The average molecular weight is 423 g/mol. The number of anilines is 3. The second-order valence-electron chi connectivity index (χ2n) is 6.35. The van der Waals surface area contributed by atoms with E-state index in [9.17, 15) is 14.0 Å². The number of benzene rings is 2. The smallest absolute Gasteiger partial charge is 0.229 e. The Kier molecular flexibility index (Phi) is 6.40. The van der Waals surface area contributed by atoms with Crippen LogP contribution in [0.25, 0.3) is 0 Å². The molecule has 0 saturated carbocycles. The Labute approximate surface area is 177 Å². The fraction of sp³-hybridized carbons (Fsp3) is 0.0909. The number of carbonyl (C=O) groups is 2. The van der Waals surface area contributed by atoms with Gasteiger partial charge < -0.3 is 5.32 Å². The van der Waals surface area contributed by atoms with Gasteiger partial charge in [-0.2, -0.15) is 5.26 Å². The van der Waals surface area contributed by atoms with E-state index < -0.39 is 11.7 Å². The summed E-state index contributed by atoms with van der Waals surface area (Å²) in [6.45, 7) is 1.32. The van der Waals surface area contributed by atoms with Gasteiger partial charge in [0.2, 0.25) is 11.8 Å². The van der Waals surface area contributed by atoms with Crippen LogP contribution >= 0.6 is 11.6 Å². The number of hydrogen-bond acceptors (Lipinski definition) is 4. The summed E-state index contributed by atoms with van der Waals surface area (Å²) in [5.74, 6) is -1.15. The fourth-order valence-corrected chi connectivity index (χ4v) is 3.05. The Morgan fingerprint density at radius 3 is 2.67 bits per heavy atom. The minimum absolute atomic E-state index is 0.0806. The quantitative estimate of drug-likeness (QED) is 0.650. The number of nitrogens with one attached hydrogen (secondary N) is 1. The lowest BCUT2D eigenvalue weighted by atomic mass is 10.1. The van der Waals surface area contributed by atoms with Crippen molar-refractivity contribution in [1.82, 2.24) is 4.98 Å². The molecule has 0 unspecified atom stereocenters. The molecule has 0 aliphatic rings. The van der Waals surface area contributed by atoms with Crippen molar-refractivity contribution in [3.05, 3.63) is 82.8 Å². The molecule has 0 radical (unpaired) electrons. The molecule has 0 aliphatic carbocycles. The fourth-order valence-electron chi connectivity index (χ4n) is 2.85. The zero-order chi connectivity index (χ0) is 21.7. The molecule has 6 nitrogen and oxygen atoms in total. The predicted molar refractivity (Wildman–Crippen MR) is 112 cm³/mol. The maximum Gasteiger partial charge on any atom is 0.229 e. The second kappa shape index (κ2) is 9.16. The number of pyridine rings is 1. The normalized spacial score (nSPS) is 10.2. The van der Waals surface area contributed by atoms with Crippen molar-refractivity contribution in [3.63, 3.8) is 0 Å². The van der Waals surface area contributed by atoms with E-state index in [1.54, 1.807) is 36.4 Å². The summed E-state index contributed by atoms with van der Waals surface area (Å²) < 4.78 is 13.7. The lowest BCUT2D eigenvalue weighted by molar-refractivity contribution is -0.116. The first-order chi connectivity index (χ1) is 14.4. The van der Waals surface area contributed by atoms with E-state index in [2.05, 4.69) is 10.3 Å². The van der Waals surface area contributed by atoms with Crippen LogP contribution in [0.2, 0.25) is 5.02 Å². The van der Waals surface area contributed by atoms with Crippen LogP contribution in [0.1, 0.15) is 18.1 Å². The highest BCUT2D eigenvalue weighted by molar-refractivity contribution is 6.31. The van der Waals surface area contributed by atoms with Crippen molar-refractivity contribution >= 4 is 40.6 Å². The summed E-state index contributed by atoms with van der Waals surface area (Å²) in [6.07, 6.45) is 1.52. The zero-order valence-corrected chi connectivity index (χ0v) is 16.7. The number of nitrogens with zero attached hydrogens (tertiary/aromatic N) is 3. The molecule has 2 amide bonds. The van der Waals surface area contributed by atoms with E-state index in [0.717, 1.165) is 6.07 Å². The Morgan fingerprint density at radius 1 is 1.20 bits per heavy atom. The van der Waals surface area contributed by atoms with Crippen LogP contribution in [0.15, 0.2) is 60.8 Å². The number of rotatable bonds is 5. The van der Waals surface area contributed by atoms with Gasteiger partial charge >= 0.3 is 0 Å². The summed E-state index contributed by atoms with van der Waals surface area (Å²) in [7, 11) is 0. The third-order valence-electron chi connectivity index (χ3n) is 4.21. The molecule has 0 spiro atoms. The van der Waals surface area contributed by atoms with Gasteiger partial charge in [0.1, 0.15) is 17.7 Å². The van der Waals surface area contributed by atoms with Gasteiger partial charge in [0.05, 0.1) is 17.7 Å². The number of nitriles is 1. The SMILES string of the molecule is CC(=O)N(c1ccc(F)c(C#N)c1)c1cc(NC(=O)Cc2ccccc2Cl)ccn1. The van der Waals surface area contributed by atoms with Crippen LogP contribution in [-0.4, -0.2) is 16.8 Å². The van der Waals surface area contributed by atoms with Gasteiger partial charge in [0, 0.05) is 29.9 Å². The third kappa shape index (κ3) is 4.80. The van der Waals surface area contributed by atoms with E-state index in [1.165, 1.54) is 36.2 Å². The average Bonchev–Trinajstić information content (AvgIpc) is 2.71. The molecule has 2 aromatic carbocycles. The first-order valence-electron chi connectivity index (χ1n) is 8.88. The molecule has 0 fully saturated rings. The number of hydrogen-bond donors (Lipinski definition) is 1. The predicted octanol–water partition coefficient (Wildman–Crippen LogP) is 4.61. The van der Waals surface area contributed by atoms with E-state index >= 15 is 0 Å². The van der Waals surface area contributed by atoms with Crippen LogP contribution in [0, 0.1) is 17.1 Å². The van der Waals surface area contributed by atoms with Crippen LogP contribution in [0.5, 0.6) is 0 Å². The molecule has 1 heterocycles. The van der Waals surface area contributed by atoms with Gasteiger partial charge in [-0.1, -0.05) is 29.8 Å². The molecular formula is C22H16ClFN4O2. The molecule has 1 N–H and O–H groups in total. The highest BCUT2D eigenvalue weighted by Gasteiger charge is 2.18. The van der Waals surface area contributed by atoms with E-state index in [-0.39, 0.29) is 29.4 Å². The van der Waals surface area contributed by atoms with Crippen molar-refractivity contribution < 1.29 is 14.0 Å². The first-order valence-corrected chi connectivity index (χ1v) is 9.26. The minimum atomic E-state index is -0.682. The highest BCUT2D eigenvalue weighted by atomic mass is 35.5. The van der Waals surface area contributed by atoms with E-state index in [0.29, 0.717) is 16.3 Å². The largest absolute Gasteiger partial charge is 0.326 e. The van der Waals surface area contributed by atoms with Crippen LogP contribution < -0.4 is 10.2 Å². The molecule has 8 heteroatoms. The molecule has 0 aliphatic heterocycles. The molecule has 0 atom stereocenters. The Bertz CT molecular complexity index is 1160. The summed E-state index contributed by atoms with van der Waals surface area (Å²) >= 11 is 6.09. The Morgan fingerprint density at radius 2 is 1.97 bits per heavy atom. The van der Waals surface area contributed by atoms with Gasteiger partial charge in [-0.25, -0.2) is 9.37 Å². The lowest BCUT2D eigenvalue weighted by Gasteiger charge is -2.21. The lowest BCUT2D eigenvalue weighted by Crippen LogP contribution is -2.24. The first kappa shape index (κ1) is 21.0. The van der Waals surface area contributed by atoms with Gasteiger partial charge in [-0.3, -0.25) is 14.5 Å². The maximum atomic E-state index is 13.7. The van der Waals surface area contributed by atoms with Crippen molar-refractivity contribution in [2.45, 2.75) is 13.3 Å². The maximum absolute atomic E-state index is 13.7. The van der Waals surface area contributed by atoms with Crippen molar-refractivity contribution in [2.24, 2.45) is 0 Å². The minimum Gasteiger partial charge on any atom is -0.326 e. The number of aromatic nitrogens is 1. The molecule has 3 rings (SSSR count). The summed E-state index contributed by atoms with van der Waals surface area (Å²) in [6, 6.07) is 15.6. The number of amides is 2. The molecule has 1 aromatic heterocycles. The standard InChI is InChI=1S/C22H16ClFN4O2/c1-14(29)28(18-6-7-20(24)16(10-18)13-25)21-12-17(8-9-26-21)27-22(30)11-15-4-2-3-5-19(15)23/h2-10,12H,11H2,1H3,(H,26,27,30). The molecule has 3 aromatic rings. The molecule has 0 saturated heterocycles. The Hall–Kier alpha value is -3.76. The number of halogens is 2. The number of carbonyl (C=O) groups excluding carboxylic acids is 2. The summed E-state index contributed by atoms with van der Waals surface area (Å²) in [5, 5.41) is 12.3. The summed E-state index contributed by atoms with van der Waals surface area (Å²) in [5.41, 5.74) is 1.20. The highest BCUT2D eigenvalue weighted by Crippen LogP contribution is 2.27. The topological polar surface area (TPSA) is 86.1 Å². The Balaban J connectivity index is 1.85. The molecule has 0 bridgehead atoms. The van der Waals surface area contributed by atoms with Gasteiger partial charge in [-0.05, 0) is 35.9 Å². The zero-order valence-electron chi connectivity index (χ0n) is 15.9. The monoisotopic (exact) mass is 422 g/mol. The van der Waals surface area contributed by atoms with Gasteiger partial charge in [-0.15, -0.1) is 0 Å². The van der Waals surface area contributed by atoms with Gasteiger partial charge in [0.25, 0.3) is 0 Å². The molecular weight excluding hydrogens is 407 g/mol. The van der Waals surface area contributed by atoms with E-state index in [4.69, 9.17) is 16.9 Å². The van der Waals surface area contributed by atoms with E-state index in [1.807, 2.05) is 0 Å². The van der Waals surface area contributed by atoms with Crippen molar-refractivity contribution in [3.8, 4) is 6.07 Å². The van der Waals surface area contributed by atoms with Crippen molar-refractivity contribution in [2.75, 3.05) is 10.2 Å². The summed E-state index contributed by atoms with van der Waals surface area (Å²) in [4.78, 5) is 30.0. The van der Waals surface area contributed by atoms with Crippen LogP contribution in [-0.2, 0) is 16.0 Å². The molecule has 30 heavy (non-hydrogen) atoms. The molecule has 150 valence electrons. The van der Waals surface area contributed by atoms with Gasteiger partial charge in [0.15, 0.2) is 0 Å². The third-order valence-corrected chi connectivity index (χ3v) is 4.58. The van der Waals surface area contributed by atoms with Crippen LogP contribution in [0.4, 0.5) is 21.6 Å². The van der Waals surface area contributed by atoms with Crippen molar-refractivity contribution in [1.29, 1.82) is 5.26 Å². The van der Waals surface area contributed by atoms with Crippen LogP contribution in [0.3, 0.4) is 0 Å². The second-order valence-corrected chi connectivity index (χ2v) is 6.76.